The van der Waals surface area contributed by atoms with E-state index >= 15 is 0 Å². The van der Waals surface area contributed by atoms with E-state index in [9.17, 15) is 9.59 Å². The molecule has 0 saturated carbocycles. The minimum absolute atomic E-state index is 0. The first-order valence-corrected chi connectivity index (χ1v) is 2.60. The molecule has 0 rings (SSSR count). The van der Waals surface area contributed by atoms with Crippen molar-refractivity contribution in [1.82, 2.24) is 0 Å². The molecule has 60 valence electrons. The van der Waals surface area contributed by atoms with Crippen LogP contribution in [-0.4, -0.2) is 23.4 Å². The topological polar surface area (TPSA) is 80.4 Å². The lowest BCUT2D eigenvalue weighted by molar-refractivity contribution is -0.138. The highest BCUT2D eigenvalue weighted by atomic mass is 35.5. The van der Waals surface area contributed by atoms with Crippen molar-refractivity contribution in [2.24, 2.45) is 5.73 Å². The van der Waals surface area contributed by atoms with Crippen LogP contribution in [0.3, 0.4) is 0 Å². The number of rotatable bonds is 4. The van der Waals surface area contributed by atoms with Gasteiger partial charge in [-0.05, 0) is 0 Å². The number of Topliss-reactive ketones (excluding diaryl/α,β-unsaturated/α-hetero) is 1. The van der Waals surface area contributed by atoms with Crippen LogP contribution < -0.4 is 18.1 Å². The smallest absolute Gasteiger partial charge is 0.303 e. The third-order valence-corrected chi connectivity index (χ3v) is 0.845. The van der Waals surface area contributed by atoms with Gasteiger partial charge < -0.3 is 23.2 Å². The van der Waals surface area contributed by atoms with Gasteiger partial charge in [-0.2, -0.15) is 0 Å². The van der Waals surface area contributed by atoms with Gasteiger partial charge in [-0.1, -0.05) is 0 Å². The van der Waals surface area contributed by atoms with Crippen LogP contribution in [0.5, 0.6) is 0 Å². The summed E-state index contributed by atoms with van der Waals surface area (Å²) in [5.41, 5.74) is 4.92. The first-order chi connectivity index (χ1) is 4.16. The van der Waals surface area contributed by atoms with E-state index in [2.05, 4.69) is 0 Å². The molecule has 0 aromatic carbocycles. The van der Waals surface area contributed by atoms with Gasteiger partial charge in [-0.25, -0.2) is 0 Å². The molecule has 10 heavy (non-hydrogen) atoms. The molecule has 0 aromatic heterocycles. The standard InChI is InChI=1S/C5H9NO3.ClH/c6-3-4(7)1-2-5(8)9;/h1-3,6H2,(H,8,9);1H/p-1. The maximum Gasteiger partial charge on any atom is 0.303 e. The van der Waals surface area contributed by atoms with E-state index in [1.54, 1.807) is 0 Å². The molecular formula is C5H9ClNO3-. The number of carboxylic acid groups (broad SMARTS) is 1. The minimum atomic E-state index is -0.961. The lowest BCUT2D eigenvalue weighted by Gasteiger charge is -1.90. The second-order valence-electron chi connectivity index (χ2n) is 1.64. The molecule has 5 heteroatoms. The number of halogens is 1. The maximum atomic E-state index is 10.3. The number of aliphatic carboxylic acids is 1. The van der Waals surface area contributed by atoms with Crippen molar-refractivity contribution < 1.29 is 27.1 Å². The van der Waals surface area contributed by atoms with Crippen molar-refractivity contribution in [2.45, 2.75) is 12.8 Å². The Morgan fingerprint density at radius 3 is 2.10 bits per heavy atom. The van der Waals surface area contributed by atoms with Crippen LogP contribution >= 0.6 is 0 Å². The first-order valence-electron chi connectivity index (χ1n) is 2.60. The Labute approximate surface area is 64.8 Å². The van der Waals surface area contributed by atoms with E-state index in [1.165, 1.54) is 0 Å². The van der Waals surface area contributed by atoms with Crippen LogP contribution in [-0.2, 0) is 9.59 Å². The van der Waals surface area contributed by atoms with Gasteiger partial charge in [0, 0.05) is 6.42 Å². The van der Waals surface area contributed by atoms with Crippen molar-refractivity contribution in [2.75, 3.05) is 6.54 Å². The van der Waals surface area contributed by atoms with Crippen LogP contribution in [0.4, 0.5) is 0 Å². The predicted octanol–water partition coefficient (Wildman–Crippen LogP) is -3.62. The van der Waals surface area contributed by atoms with Crippen molar-refractivity contribution in [1.29, 1.82) is 0 Å². The second-order valence-corrected chi connectivity index (χ2v) is 1.64. The van der Waals surface area contributed by atoms with E-state index in [-0.39, 0.29) is 37.6 Å². The lowest BCUT2D eigenvalue weighted by Crippen LogP contribution is -3.00. The molecule has 0 saturated heterocycles. The third kappa shape index (κ3) is 7.39. The Morgan fingerprint density at radius 1 is 1.30 bits per heavy atom. The van der Waals surface area contributed by atoms with Gasteiger partial charge in [0.2, 0.25) is 0 Å². The van der Waals surface area contributed by atoms with Crippen molar-refractivity contribution in [3.05, 3.63) is 0 Å². The Kier molecular flexibility index (Phi) is 7.88. The number of hydrogen-bond acceptors (Lipinski definition) is 3. The molecule has 0 aliphatic heterocycles. The summed E-state index contributed by atoms with van der Waals surface area (Å²) >= 11 is 0. The molecule has 0 fully saturated rings. The number of nitrogens with two attached hydrogens (primary N) is 1. The van der Waals surface area contributed by atoms with Crippen LogP contribution in [0.2, 0.25) is 0 Å². The molecule has 0 spiro atoms. The SMILES string of the molecule is NCC(=O)CCC(=O)O.[Cl-]. The van der Waals surface area contributed by atoms with E-state index in [0.29, 0.717) is 0 Å². The molecule has 0 bridgehead atoms. The third-order valence-electron chi connectivity index (χ3n) is 0.845. The summed E-state index contributed by atoms with van der Waals surface area (Å²) in [5, 5.41) is 8.06. The van der Waals surface area contributed by atoms with E-state index < -0.39 is 5.97 Å². The largest absolute Gasteiger partial charge is 1.00 e. The summed E-state index contributed by atoms with van der Waals surface area (Å²) in [5.74, 6) is -1.17. The minimum Gasteiger partial charge on any atom is -1.00 e. The first kappa shape index (κ1) is 12.1. The number of carboxylic acids is 1. The Morgan fingerprint density at radius 2 is 1.80 bits per heavy atom. The number of carbonyl (C=O) groups excluding carboxylic acids is 1. The average molecular weight is 167 g/mol. The van der Waals surface area contributed by atoms with Crippen LogP contribution in [0.1, 0.15) is 12.8 Å². The molecule has 0 unspecified atom stereocenters. The average Bonchev–Trinajstić information content (AvgIpc) is 1.83. The lowest BCUT2D eigenvalue weighted by atomic mass is 10.2. The monoisotopic (exact) mass is 166 g/mol. The quantitative estimate of drug-likeness (QED) is 0.452. The van der Waals surface area contributed by atoms with Gasteiger partial charge in [0.25, 0.3) is 0 Å². The second kappa shape index (κ2) is 6.51. The summed E-state index contributed by atoms with van der Waals surface area (Å²) in [6.07, 6.45) is -0.0676. The predicted molar refractivity (Wildman–Crippen MR) is 30.9 cm³/mol. The Balaban J connectivity index is 0. The molecule has 3 N–H and O–H groups in total. The zero-order chi connectivity index (χ0) is 7.28. The molecule has 4 nitrogen and oxygen atoms in total. The highest BCUT2D eigenvalue weighted by Gasteiger charge is 2.01. The van der Waals surface area contributed by atoms with Gasteiger partial charge in [0.1, 0.15) is 5.78 Å². The summed E-state index contributed by atoms with van der Waals surface area (Å²) in [6, 6.07) is 0. The molecule has 0 radical (unpaired) electrons. The van der Waals surface area contributed by atoms with Gasteiger partial charge in [0.15, 0.2) is 0 Å². The van der Waals surface area contributed by atoms with E-state index in [4.69, 9.17) is 10.8 Å². The zero-order valence-electron chi connectivity index (χ0n) is 5.34. The molecule has 0 amide bonds. The number of ketones is 1. The van der Waals surface area contributed by atoms with E-state index in [1.807, 2.05) is 0 Å². The summed E-state index contributed by atoms with van der Waals surface area (Å²) < 4.78 is 0. The summed E-state index contributed by atoms with van der Waals surface area (Å²) in [4.78, 5) is 20.2. The molecule has 0 aliphatic rings. The Hall–Kier alpha value is -0.610. The fourth-order valence-electron chi connectivity index (χ4n) is 0.348. The van der Waals surface area contributed by atoms with Crippen molar-refractivity contribution in [3.63, 3.8) is 0 Å². The summed E-state index contributed by atoms with van der Waals surface area (Å²) in [6.45, 7) is -0.0622. The number of hydrogen-bond donors (Lipinski definition) is 2. The fraction of sp³-hybridized carbons (Fsp3) is 0.600. The zero-order valence-corrected chi connectivity index (χ0v) is 6.10. The molecule has 0 atom stereocenters. The van der Waals surface area contributed by atoms with Crippen molar-refractivity contribution >= 4 is 11.8 Å². The van der Waals surface area contributed by atoms with Gasteiger partial charge >= 0.3 is 5.97 Å². The molecule has 0 aromatic rings. The van der Waals surface area contributed by atoms with Gasteiger partial charge in [0.05, 0.1) is 13.0 Å². The van der Waals surface area contributed by atoms with Gasteiger partial charge in [-0.3, -0.25) is 9.59 Å². The van der Waals surface area contributed by atoms with Crippen LogP contribution in [0.15, 0.2) is 0 Å². The van der Waals surface area contributed by atoms with Gasteiger partial charge in [-0.15, -0.1) is 0 Å². The summed E-state index contributed by atoms with van der Waals surface area (Å²) in [7, 11) is 0. The maximum absolute atomic E-state index is 10.3. The normalized spacial score (nSPS) is 8.10. The van der Waals surface area contributed by atoms with E-state index in [0.717, 1.165) is 0 Å². The van der Waals surface area contributed by atoms with Crippen molar-refractivity contribution in [3.8, 4) is 0 Å². The molecule has 0 heterocycles. The highest BCUT2D eigenvalue weighted by Crippen LogP contribution is 1.87. The number of carbonyl (C=O) groups is 2. The fourth-order valence-corrected chi connectivity index (χ4v) is 0.348. The molecular weight excluding hydrogens is 158 g/mol. The Bertz CT molecular complexity index is 126. The van der Waals surface area contributed by atoms with Crippen LogP contribution in [0.25, 0.3) is 0 Å². The van der Waals surface area contributed by atoms with Crippen LogP contribution in [0, 0.1) is 0 Å². The molecule has 0 aliphatic carbocycles. The highest BCUT2D eigenvalue weighted by molar-refractivity contribution is 5.83.